The van der Waals surface area contributed by atoms with E-state index in [1.807, 2.05) is 0 Å². The van der Waals surface area contributed by atoms with E-state index in [-0.39, 0.29) is 35.8 Å². The largest absolute Gasteiger partial charge is 0.490 e. The number of aliphatic hydroxyl groups excluding tert-OH is 1. The molecule has 8 nitrogen and oxygen atoms in total. The molecule has 1 fully saturated rings. The Morgan fingerprint density at radius 3 is 2.47 bits per heavy atom. The zero-order chi connectivity index (χ0) is 21.7. The minimum Gasteiger partial charge on any atom is -0.490 e. The van der Waals surface area contributed by atoms with Gasteiger partial charge in [0.05, 0.1) is 18.3 Å². The van der Waals surface area contributed by atoms with Crippen LogP contribution in [0.3, 0.4) is 0 Å². The van der Waals surface area contributed by atoms with Crippen molar-refractivity contribution in [2.45, 2.75) is 30.8 Å². The molecule has 1 aliphatic rings. The Morgan fingerprint density at radius 1 is 1.13 bits per heavy atom. The Hall–Kier alpha value is -2.24. The summed E-state index contributed by atoms with van der Waals surface area (Å²) in [4.78, 5) is 23.1. The number of hydrogen-bond donors (Lipinski definition) is 2. The number of Topliss-reactive ketones (excluding diaryl/α,β-unsaturated/α-hetero) is 1. The van der Waals surface area contributed by atoms with Crippen LogP contribution >= 0.6 is 11.8 Å². The molecule has 1 aliphatic heterocycles. The molecule has 3 rings (SSSR count). The van der Waals surface area contributed by atoms with Crippen molar-refractivity contribution in [1.82, 2.24) is 0 Å². The van der Waals surface area contributed by atoms with E-state index < -0.39 is 16.4 Å². The zero-order valence-corrected chi connectivity index (χ0v) is 17.5. The number of ketones is 1. The standard InChI is InChI=1S/C20H21NO7S2/c21-30(25,26)28-18(15-3-1-2-14(8-15)11-22)12-27-16-6-4-13(5-7-16)9-19-17(23)10-20(24)29-19/h1-8,18-19,22H,9-12H2,(H2,21,25,26). The van der Waals surface area contributed by atoms with Crippen molar-refractivity contribution in [3.8, 4) is 5.75 Å². The van der Waals surface area contributed by atoms with Gasteiger partial charge < -0.3 is 9.84 Å². The number of nitrogens with two attached hydrogens (primary N) is 1. The molecule has 1 heterocycles. The minimum absolute atomic E-state index is 0.0144. The van der Waals surface area contributed by atoms with Gasteiger partial charge in [0, 0.05) is 0 Å². The second-order valence-corrected chi connectivity index (χ2v) is 9.20. The van der Waals surface area contributed by atoms with Gasteiger partial charge in [0.15, 0.2) is 10.9 Å². The fourth-order valence-electron chi connectivity index (χ4n) is 3.02. The molecule has 0 aliphatic carbocycles. The highest BCUT2D eigenvalue weighted by atomic mass is 32.2. The number of ether oxygens (including phenoxy) is 1. The molecule has 0 saturated carbocycles. The van der Waals surface area contributed by atoms with Crippen LogP contribution in [0.15, 0.2) is 48.5 Å². The minimum atomic E-state index is -4.23. The number of hydrogen-bond acceptors (Lipinski definition) is 8. The summed E-state index contributed by atoms with van der Waals surface area (Å²) in [5, 5.41) is 13.9. The number of carbonyl (C=O) groups excluding carboxylic acids is 2. The van der Waals surface area contributed by atoms with Crippen LogP contribution in [0.5, 0.6) is 5.75 Å². The molecule has 0 radical (unpaired) electrons. The molecule has 2 atom stereocenters. The van der Waals surface area contributed by atoms with E-state index in [4.69, 9.17) is 14.1 Å². The van der Waals surface area contributed by atoms with Crippen LogP contribution in [0, 0.1) is 0 Å². The fraction of sp³-hybridized carbons (Fsp3) is 0.300. The summed E-state index contributed by atoms with van der Waals surface area (Å²) < 4.78 is 33.5. The molecule has 0 spiro atoms. The van der Waals surface area contributed by atoms with E-state index in [0.717, 1.165) is 17.3 Å². The van der Waals surface area contributed by atoms with Gasteiger partial charge in [-0.15, -0.1) is 0 Å². The van der Waals surface area contributed by atoms with Gasteiger partial charge in [0.2, 0.25) is 0 Å². The van der Waals surface area contributed by atoms with Crippen LogP contribution in [0.1, 0.15) is 29.2 Å². The van der Waals surface area contributed by atoms with Crippen molar-refractivity contribution >= 4 is 33.0 Å². The zero-order valence-electron chi connectivity index (χ0n) is 15.9. The molecule has 160 valence electrons. The third-order valence-corrected chi connectivity index (χ3v) is 6.07. The van der Waals surface area contributed by atoms with Crippen LogP contribution in [0.4, 0.5) is 0 Å². The van der Waals surface area contributed by atoms with E-state index in [9.17, 15) is 23.1 Å². The number of carbonyl (C=O) groups is 2. The lowest BCUT2D eigenvalue weighted by Gasteiger charge is -2.18. The van der Waals surface area contributed by atoms with Crippen molar-refractivity contribution in [3.63, 3.8) is 0 Å². The first-order chi connectivity index (χ1) is 14.2. The van der Waals surface area contributed by atoms with Gasteiger partial charge in [-0.1, -0.05) is 48.2 Å². The smallest absolute Gasteiger partial charge is 0.333 e. The lowest BCUT2D eigenvalue weighted by molar-refractivity contribution is -0.121. The van der Waals surface area contributed by atoms with E-state index in [1.165, 1.54) is 0 Å². The summed E-state index contributed by atoms with van der Waals surface area (Å²) >= 11 is 1.07. The van der Waals surface area contributed by atoms with Gasteiger partial charge in [0.25, 0.3) is 0 Å². The summed E-state index contributed by atoms with van der Waals surface area (Å²) in [5.74, 6) is 0.417. The second-order valence-electron chi connectivity index (χ2n) is 6.76. The monoisotopic (exact) mass is 451 g/mol. The summed E-state index contributed by atoms with van der Waals surface area (Å²) in [5.41, 5.74) is 1.97. The van der Waals surface area contributed by atoms with Crippen LogP contribution in [0.25, 0.3) is 0 Å². The highest BCUT2D eigenvalue weighted by molar-refractivity contribution is 8.15. The number of aliphatic hydroxyl groups is 1. The summed E-state index contributed by atoms with van der Waals surface area (Å²) in [7, 11) is -4.23. The molecular weight excluding hydrogens is 430 g/mol. The van der Waals surface area contributed by atoms with E-state index in [0.29, 0.717) is 23.3 Å². The SMILES string of the molecule is NS(=O)(=O)OC(COc1ccc(CC2SC(=O)CC2=O)cc1)c1cccc(CO)c1. The van der Waals surface area contributed by atoms with Crippen molar-refractivity contribution in [2.24, 2.45) is 5.14 Å². The Labute approximate surface area is 178 Å². The molecule has 0 aromatic heterocycles. The fourth-order valence-corrected chi connectivity index (χ4v) is 4.54. The topological polar surface area (TPSA) is 133 Å². The number of rotatable bonds is 9. The highest BCUT2D eigenvalue weighted by Crippen LogP contribution is 2.28. The van der Waals surface area contributed by atoms with E-state index in [2.05, 4.69) is 0 Å². The quantitative estimate of drug-likeness (QED) is 0.550. The molecule has 2 unspecified atom stereocenters. The predicted octanol–water partition coefficient (Wildman–Crippen LogP) is 1.66. The van der Waals surface area contributed by atoms with Crippen LogP contribution in [-0.2, 0) is 37.1 Å². The van der Waals surface area contributed by atoms with Crippen LogP contribution < -0.4 is 9.88 Å². The Kier molecular flexibility index (Phi) is 7.27. The third kappa shape index (κ3) is 6.38. The molecule has 10 heteroatoms. The predicted molar refractivity (Wildman–Crippen MR) is 111 cm³/mol. The average molecular weight is 452 g/mol. The molecule has 2 aromatic rings. The Morgan fingerprint density at radius 2 is 1.87 bits per heavy atom. The molecule has 1 saturated heterocycles. The van der Waals surface area contributed by atoms with Crippen LogP contribution in [-0.4, -0.2) is 36.3 Å². The highest BCUT2D eigenvalue weighted by Gasteiger charge is 2.31. The first-order valence-corrected chi connectivity index (χ1v) is 11.4. The first-order valence-electron chi connectivity index (χ1n) is 9.08. The maximum Gasteiger partial charge on any atom is 0.333 e. The molecular formula is C20H21NO7S2. The summed E-state index contributed by atoms with van der Waals surface area (Å²) in [6.45, 7) is -0.332. The normalized spacial score (nSPS) is 17.9. The number of benzene rings is 2. The van der Waals surface area contributed by atoms with Gasteiger partial charge in [-0.05, 0) is 35.2 Å². The second kappa shape index (κ2) is 9.71. The van der Waals surface area contributed by atoms with Gasteiger partial charge in [-0.2, -0.15) is 8.42 Å². The lowest BCUT2D eigenvalue weighted by atomic mass is 10.1. The summed E-state index contributed by atoms with van der Waals surface area (Å²) in [6, 6.07) is 13.6. The van der Waals surface area contributed by atoms with Gasteiger partial charge in [-0.3, -0.25) is 9.59 Å². The van der Waals surface area contributed by atoms with E-state index in [1.54, 1.807) is 48.5 Å². The molecule has 3 N–H and O–H groups in total. The Balaban J connectivity index is 1.66. The molecule has 0 amide bonds. The van der Waals surface area contributed by atoms with Gasteiger partial charge in [-0.25, -0.2) is 9.32 Å². The maximum absolute atomic E-state index is 11.8. The summed E-state index contributed by atoms with van der Waals surface area (Å²) in [6.07, 6.45) is -0.551. The lowest BCUT2D eigenvalue weighted by Crippen LogP contribution is -2.23. The molecule has 0 bridgehead atoms. The molecule has 30 heavy (non-hydrogen) atoms. The average Bonchev–Trinajstić information content (AvgIpc) is 3.02. The third-order valence-electron chi connectivity index (χ3n) is 4.45. The van der Waals surface area contributed by atoms with E-state index >= 15 is 0 Å². The number of thioether (sulfide) groups is 1. The van der Waals surface area contributed by atoms with Crippen molar-refractivity contribution < 1.29 is 32.0 Å². The van der Waals surface area contributed by atoms with Gasteiger partial charge in [0.1, 0.15) is 18.5 Å². The molecule has 2 aromatic carbocycles. The first kappa shape index (κ1) is 22.4. The Bertz CT molecular complexity index is 1020. The van der Waals surface area contributed by atoms with Crippen LogP contribution in [0.2, 0.25) is 0 Å². The van der Waals surface area contributed by atoms with Crippen molar-refractivity contribution in [1.29, 1.82) is 0 Å². The van der Waals surface area contributed by atoms with Crippen molar-refractivity contribution in [2.75, 3.05) is 6.61 Å². The maximum atomic E-state index is 11.8. The van der Waals surface area contributed by atoms with Crippen molar-refractivity contribution in [3.05, 3.63) is 65.2 Å². The van der Waals surface area contributed by atoms with Gasteiger partial charge >= 0.3 is 10.3 Å².